The number of hydrogen-bond acceptors (Lipinski definition) is 3. The van der Waals surface area contributed by atoms with Crippen molar-refractivity contribution in [2.24, 2.45) is 0 Å². The van der Waals surface area contributed by atoms with Crippen molar-refractivity contribution in [3.63, 3.8) is 0 Å². The molecule has 0 aliphatic rings. The Labute approximate surface area is 90.8 Å². The summed E-state index contributed by atoms with van der Waals surface area (Å²) in [6.07, 6.45) is 1.76. The molecule has 3 nitrogen and oxygen atoms in total. The average Bonchev–Trinajstić information content (AvgIpc) is 2.65. The topological polar surface area (TPSA) is 45.8 Å². The highest BCUT2D eigenvalue weighted by molar-refractivity contribution is 7.07. The molecule has 0 aliphatic heterocycles. The van der Waals surface area contributed by atoms with Gasteiger partial charge in [0.05, 0.1) is 18.2 Å². The van der Waals surface area contributed by atoms with Crippen molar-refractivity contribution in [2.75, 3.05) is 0 Å². The summed E-state index contributed by atoms with van der Waals surface area (Å²) in [4.78, 5) is 11.3. The Kier molecular flexibility index (Phi) is 2.66. The lowest BCUT2D eigenvalue weighted by molar-refractivity contribution is 0.784. The molecule has 1 aromatic carbocycles. The second-order valence-electron chi connectivity index (χ2n) is 3.11. The van der Waals surface area contributed by atoms with Gasteiger partial charge in [-0.15, -0.1) is 0 Å². The third kappa shape index (κ3) is 2.14. The van der Waals surface area contributed by atoms with Gasteiger partial charge in [-0.2, -0.15) is 5.26 Å². The lowest BCUT2D eigenvalue weighted by atomic mass is 10.1. The summed E-state index contributed by atoms with van der Waals surface area (Å²) in [5, 5.41) is 10.5. The molecule has 0 bridgehead atoms. The maximum Gasteiger partial charge on any atom is 0.307 e. The molecule has 1 aromatic heterocycles. The van der Waals surface area contributed by atoms with Crippen LogP contribution in [0.1, 0.15) is 11.1 Å². The van der Waals surface area contributed by atoms with E-state index in [4.69, 9.17) is 5.26 Å². The largest absolute Gasteiger partial charge is 0.307 e. The van der Waals surface area contributed by atoms with Crippen LogP contribution in [-0.4, -0.2) is 4.57 Å². The van der Waals surface area contributed by atoms with Crippen LogP contribution >= 0.6 is 11.3 Å². The molecule has 0 N–H and O–H groups in total. The normalized spacial score (nSPS) is 9.80. The quantitative estimate of drug-likeness (QED) is 0.768. The number of thiazole rings is 1. The molecule has 1 heterocycles. The predicted octanol–water partition coefficient (Wildman–Crippen LogP) is 1.83. The Morgan fingerprint density at radius 2 is 2.33 bits per heavy atom. The summed E-state index contributed by atoms with van der Waals surface area (Å²) in [6.45, 7) is 0.526. The standard InChI is InChI=1S/C11H8N2OS/c12-7-9-2-1-3-10(6-9)8-13-4-5-15-11(13)14/h1-6H,8H2. The number of aromatic nitrogens is 1. The summed E-state index contributed by atoms with van der Waals surface area (Å²) in [7, 11) is 0. The van der Waals surface area contributed by atoms with E-state index in [9.17, 15) is 4.79 Å². The maximum absolute atomic E-state index is 11.3. The Hall–Kier alpha value is -1.86. The molecule has 15 heavy (non-hydrogen) atoms. The Morgan fingerprint density at radius 3 is 3.00 bits per heavy atom. The third-order valence-electron chi connectivity index (χ3n) is 2.05. The van der Waals surface area contributed by atoms with Gasteiger partial charge >= 0.3 is 4.87 Å². The van der Waals surface area contributed by atoms with Crippen molar-refractivity contribution in [1.82, 2.24) is 4.57 Å². The molecule has 0 spiro atoms. The van der Waals surface area contributed by atoms with Crippen LogP contribution in [0.4, 0.5) is 0 Å². The van der Waals surface area contributed by atoms with Gasteiger partial charge in [-0.1, -0.05) is 23.5 Å². The lowest BCUT2D eigenvalue weighted by Crippen LogP contribution is -2.12. The molecule has 0 aliphatic carbocycles. The minimum absolute atomic E-state index is 0.0253. The molecular formula is C11H8N2OS. The second-order valence-corrected chi connectivity index (χ2v) is 3.97. The van der Waals surface area contributed by atoms with Crippen molar-refractivity contribution in [3.05, 3.63) is 56.6 Å². The van der Waals surface area contributed by atoms with Crippen molar-refractivity contribution in [3.8, 4) is 6.07 Å². The van der Waals surface area contributed by atoms with Crippen LogP contribution < -0.4 is 4.87 Å². The van der Waals surface area contributed by atoms with Gasteiger partial charge in [-0.25, -0.2) is 0 Å². The first kappa shape index (κ1) is 9.69. The van der Waals surface area contributed by atoms with Gasteiger partial charge in [0.15, 0.2) is 0 Å². The lowest BCUT2D eigenvalue weighted by Gasteiger charge is -2.01. The van der Waals surface area contributed by atoms with E-state index in [1.807, 2.05) is 12.1 Å². The first-order valence-electron chi connectivity index (χ1n) is 4.42. The van der Waals surface area contributed by atoms with Crippen LogP contribution in [0.25, 0.3) is 0 Å². The minimum atomic E-state index is 0.0253. The van der Waals surface area contributed by atoms with Crippen molar-refractivity contribution in [2.45, 2.75) is 6.54 Å². The van der Waals surface area contributed by atoms with Crippen LogP contribution in [0.2, 0.25) is 0 Å². The number of nitriles is 1. The zero-order valence-corrected chi connectivity index (χ0v) is 8.70. The summed E-state index contributed by atoms with van der Waals surface area (Å²) in [5.74, 6) is 0. The minimum Gasteiger partial charge on any atom is -0.302 e. The molecule has 4 heteroatoms. The monoisotopic (exact) mass is 216 g/mol. The van der Waals surface area contributed by atoms with Gasteiger partial charge in [0, 0.05) is 11.6 Å². The fourth-order valence-corrected chi connectivity index (χ4v) is 1.93. The molecule has 2 rings (SSSR count). The van der Waals surface area contributed by atoms with E-state index in [-0.39, 0.29) is 4.87 Å². The van der Waals surface area contributed by atoms with E-state index in [1.165, 1.54) is 11.3 Å². The molecule has 0 radical (unpaired) electrons. The fourth-order valence-electron chi connectivity index (χ4n) is 1.34. The van der Waals surface area contributed by atoms with Crippen molar-refractivity contribution in [1.29, 1.82) is 5.26 Å². The average molecular weight is 216 g/mol. The first-order valence-corrected chi connectivity index (χ1v) is 5.30. The van der Waals surface area contributed by atoms with Crippen LogP contribution in [0.15, 0.2) is 40.6 Å². The third-order valence-corrected chi connectivity index (χ3v) is 2.75. The number of rotatable bonds is 2. The highest BCUT2D eigenvalue weighted by atomic mass is 32.1. The highest BCUT2D eigenvalue weighted by Gasteiger charge is 1.99. The molecule has 74 valence electrons. The summed E-state index contributed by atoms with van der Waals surface area (Å²) in [5.41, 5.74) is 1.59. The number of nitrogens with zero attached hydrogens (tertiary/aromatic N) is 2. The van der Waals surface area contributed by atoms with E-state index in [0.29, 0.717) is 12.1 Å². The highest BCUT2D eigenvalue weighted by Crippen LogP contribution is 2.05. The van der Waals surface area contributed by atoms with Gasteiger partial charge < -0.3 is 4.57 Å². The first-order chi connectivity index (χ1) is 7.29. The van der Waals surface area contributed by atoms with E-state index < -0.39 is 0 Å². The Balaban J connectivity index is 2.29. The molecule has 2 aromatic rings. The van der Waals surface area contributed by atoms with Gasteiger partial charge in [0.2, 0.25) is 0 Å². The van der Waals surface area contributed by atoms with Crippen LogP contribution in [-0.2, 0) is 6.54 Å². The van der Waals surface area contributed by atoms with E-state index >= 15 is 0 Å². The predicted molar refractivity (Wildman–Crippen MR) is 58.8 cm³/mol. The van der Waals surface area contributed by atoms with Gasteiger partial charge in [-0.3, -0.25) is 4.79 Å². The van der Waals surface area contributed by atoms with E-state index in [2.05, 4.69) is 6.07 Å². The molecule has 0 amide bonds. The van der Waals surface area contributed by atoms with E-state index in [0.717, 1.165) is 5.56 Å². The van der Waals surface area contributed by atoms with Gasteiger partial charge in [0.1, 0.15) is 0 Å². The molecule has 0 saturated heterocycles. The molecular weight excluding hydrogens is 208 g/mol. The van der Waals surface area contributed by atoms with Crippen molar-refractivity contribution >= 4 is 11.3 Å². The zero-order chi connectivity index (χ0) is 10.7. The molecule has 0 unspecified atom stereocenters. The van der Waals surface area contributed by atoms with Gasteiger partial charge in [0.25, 0.3) is 0 Å². The maximum atomic E-state index is 11.3. The second kappa shape index (κ2) is 4.11. The van der Waals surface area contributed by atoms with Crippen LogP contribution in [0.3, 0.4) is 0 Å². The van der Waals surface area contributed by atoms with Crippen LogP contribution in [0.5, 0.6) is 0 Å². The fraction of sp³-hybridized carbons (Fsp3) is 0.0909. The number of hydrogen-bond donors (Lipinski definition) is 0. The van der Waals surface area contributed by atoms with E-state index in [1.54, 1.807) is 28.3 Å². The van der Waals surface area contributed by atoms with Gasteiger partial charge in [-0.05, 0) is 17.7 Å². The summed E-state index contributed by atoms with van der Waals surface area (Å²) >= 11 is 1.18. The zero-order valence-electron chi connectivity index (χ0n) is 7.88. The summed E-state index contributed by atoms with van der Waals surface area (Å²) in [6, 6.07) is 9.35. The SMILES string of the molecule is N#Cc1cccc(Cn2ccsc2=O)c1. The van der Waals surface area contributed by atoms with Crippen LogP contribution in [0, 0.1) is 11.3 Å². The molecule has 0 atom stereocenters. The number of benzene rings is 1. The summed E-state index contributed by atoms with van der Waals surface area (Å²) < 4.78 is 1.63. The van der Waals surface area contributed by atoms with Crippen molar-refractivity contribution < 1.29 is 0 Å². The Bertz CT molecular complexity index is 562. The smallest absolute Gasteiger partial charge is 0.302 e. The molecule has 0 saturated carbocycles. The Morgan fingerprint density at radius 1 is 1.47 bits per heavy atom. The molecule has 0 fully saturated rings.